The van der Waals surface area contributed by atoms with E-state index in [-0.39, 0.29) is 24.2 Å². The van der Waals surface area contributed by atoms with Crippen LogP contribution >= 0.6 is 28.3 Å². The molecule has 0 spiro atoms. The summed E-state index contributed by atoms with van der Waals surface area (Å²) in [4.78, 5) is 32.1. The summed E-state index contributed by atoms with van der Waals surface area (Å²) in [5.74, 6) is -0.231. The molecule has 2 aliphatic rings. The van der Waals surface area contributed by atoms with E-state index in [0.717, 1.165) is 39.9 Å². The Balaban J connectivity index is 0.00000240. The predicted octanol–water partition coefficient (Wildman–Crippen LogP) is 4.06. The van der Waals surface area contributed by atoms with E-state index in [0.29, 0.717) is 17.7 Å². The Kier molecular flexibility index (Phi) is 6.17. The monoisotopic (exact) mass is 475 g/mol. The fraction of sp³-hybridized carbons (Fsp3) is 0.273. The van der Waals surface area contributed by atoms with Gasteiger partial charge in [0.2, 0.25) is 0 Å². The highest BCUT2D eigenvalue weighted by molar-refractivity contribution is 9.10. The van der Waals surface area contributed by atoms with E-state index in [4.69, 9.17) is 0 Å². The highest BCUT2D eigenvalue weighted by Gasteiger charge is 2.40. The number of hydrogen-bond donors (Lipinski definition) is 0. The normalized spacial score (nSPS) is 17.7. The summed E-state index contributed by atoms with van der Waals surface area (Å²) in [7, 11) is 5.80. The van der Waals surface area contributed by atoms with Gasteiger partial charge < -0.3 is 14.7 Å². The Morgan fingerprint density at radius 2 is 1.62 bits per heavy atom. The summed E-state index contributed by atoms with van der Waals surface area (Å²) in [6.07, 6.45) is 0.862. The SMILES string of the molecule is CN(C)CCCN1C(=O)/C(=C2/C(=O)N(C)c3ccccc32)c2cc(Br)ccc21.Cl. The van der Waals surface area contributed by atoms with Gasteiger partial charge in [-0.2, -0.15) is 0 Å². The second kappa shape index (κ2) is 8.30. The van der Waals surface area contributed by atoms with Crippen LogP contribution in [0.2, 0.25) is 0 Å². The Labute approximate surface area is 185 Å². The van der Waals surface area contributed by atoms with Crippen molar-refractivity contribution < 1.29 is 9.59 Å². The number of nitrogens with zero attached hydrogens (tertiary/aromatic N) is 3. The van der Waals surface area contributed by atoms with Crippen molar-refractivity contribution in [1.29, 1.82) is 0 Å². The van der Waals surface area contributed by atoms with Crippen LogP contribution in [0, 0.1) is 0 Å². The van der Waals surface area contributed by atoms with E-state index in [1.807, 2.05) is 61.5 Å². The lowest BCUT2D eigenvalue weighted by Crippen LogP contribution is -2.30. The molecule has 2 amide bonds. The van der Waals surface area contributed by atoms with E-state index < -0.39 is 0 Å². The van der Waals surface area contributed by atoms with Crippen molar-refractivity contribution >= 4 is 62.7 Å². The number of fused-ring (bicyclic) bond motifs is 2. The number of rotatable bonds is 4. The smallest absolute Gasteiger partial charge is 0.259 e. The van der Waals surface area contributed by atoms with Crippen LogP contribution in [0.3, 0.4) is 0 Å². The second-order valence-corrected chi connectivity index (χ2v) is 8.32. The number of likely N-dealkylation sites (N-methyl/N-ethyl adjacent to an activating group) is 1. The van der Waals surface area contributed by atoms with Gasteiger partial charge in [-0.1, -0.05) is 34.1 Å². The minimum Gasteiger partial charge on any atom is -0.311 e. The highest BCUT2D eigenvalue weighted by Crippen LogP contribution is 2.46. The molecule has 2 aliphatic heterocycles. The molecule has 0 aliphatic carbocycles. The molecule has 29 heavy (non-hydrogen) atoms. The number of para-hydroxylation sites is 1. The van der Waals surface area contributed by atoms with Crippen LogP contribution < -0.4 is 9.80 Å². The third kappa shape index (κ3) is 3.61. The van der Waals surface area contributed by atoms with Crippen molar-refractivity contribution in [2.45, 2.75) is 6.42 Å². The van der Waals surface area contributed by atoms with Crippen LogP contribution in [0.4, 0.5) is 11.4 Å². The molecule has 4 rings (SSSR count). The second-order valence-electron chi connectivity index (χ2n) is 7.41. The molecule has 7 heteroatoms. The Hall–Kier alpha value is -2.15. The number of carbonyl (C=O) groups excluding carboxylic acids is 2. The van der Waals surface area contributed by atoms with Gasteiger partial charge in [0.15, 0.2) is 0 Å². The maximum atomic E-state index is 13.5. The van der Waals surface area contributed by atoms with Gasteiger partial charge in [-0.3, -0.25) is 9.59 Å². The largest absolute Gasteiger partial charge is 0.311 e. The maximum absolute atomic E-state index is 13.5. The molecule has 0 N–H and O–H groups in total. The van der Waals surface area contributed by atoms with E-state index in [1.165, 1.54) is 0 Å². The lowest BCUT2D eigenvalue weighted by Gasteiger charge is -2.18. The zero-order valence-corrected chi connectivity index (χ0v) is 19.0. The fourth-order valence-corrected chi connectivity index (χ4v) is 4.28. The average molecular weight is 477 g/mol. The molecule has 0 fully saturated rings. The molecule has 0 radical (unpaired) electrons. The van der Waals surface area contributed by atoms with Crippen molar-refractivity contribution in [1.82, 2.24) is 4.90 Å². The molecule has 0 aromatic heterocycles. The van der Waals surface area contributed by atoms with Crippen LogP contribution in [0.5, 0.6) is 0 Å². The van der Waals surface area contributed by atoms with Crippen molar-refractivity contribution in [3.05, 3.63) is 58.1 Å². The van der Waals surface area contributed by atoms with Crippen LogP contribution in [-0.4, -0.2) is 50.9 Å². The first-order valence-electron chi connectivity index (χ1n) is 9.28. The van der Waals surface area contributed by atoms with Gasteiger partial charge in [0.25, 0.3) is 11.8 Å². The lowest BCUT2D eigenvalue weighted by molar-refractivity contribution is -0.114. The van der Waals surface area contributed by atoms with Crippen molar-refractivity contribution in [2.75, 3.05) is 44.0 Å². The lowest BCUT2D eigenvalue weighted by atomic mass is 9.96. The zero-order valence-electron chi connectivity index (χ0n) is 16.6. The highest BCUT2D eigenvalue weighted by atomic mass is 79.9. The van der Waals surface area contributed by atoms with E-state index in [9.17, 15) is 9.59 Å². The maximum Gasteiger partial charge on any atom is 0.259 e. The van der Waals surface area contributed by atoms with Crippen LogP contribution in [0.15, 0.2) is 46.9 Å². The Morgan fingerprint density at radius 1 is 0.931 bits per heavy atom. The van der Waals surface area contributed by atoms with Crippen molar-refractivity contribution in [2.24, 2.45) is 0 Å². The number of hydrogen-bond acceptors (Lipinski definition) is 3. The third-order valence-electron chi connectivity index (χ3n) is 5.27. The first-order valence-corrected chi connectivity index (χ1v) is 10.1. The number of benzene rings is 2. The van der Waals surface area contributed by atoms with Gasteiger partial charge in [0, 0.05) is 29.2 Å². The molecule has 152 valence electrons. The minimum atomic E-state index is -0.134. The number of halogens is 2. The van der Waals surface area contributed by atoms with Gasteiger partial charge in [-0.05, 0) is 51.3 Å². The molecule has 5 nitrogen and oxygen atoms in total. The summed E-state index contributed by atoms with van der Waals surface area (Å²) in [6.45, 7) is 1.51. The van der Waals surface area contributed by atoms with E-state index >= 15 is 0 Å². The molecular formula is C22H23BrClN3O2. The van der Waals surface area contributed by atoms with Crippen molar-refractivity contribution in [3.8, 4) is 0 Å². The molecule has 0 saturated heterocycles. The topological polar surface area (TPSA) is 43.9 Å². The number of amides is 2. The Morgan fingerprint density at radius 3 is 2.34 bits per heavy atom. The predicted molar refractivity (Wildman–Crippen MR) is 124 cm³/mol. The van der Waals surface area contributed by atoms with E-state index in [1.54, 1.807) is 11.9 Å². The average Bonchev–Trinajstić information content (AvgIpc) is 3.06. The summed E-state index contributed by atoms with van der Waals surface area (Å²) >= 11 is 3.52. The summed E-state index contributed by atoms with van der Waals surface area (Å²) in [5.41, 5.74) is 4.34. The molecular weight excluding hydrogens is 454 g/mol. The van der Waals surface area contributed by atoms with Gasteiger partial charge in [-0.25, -0.2) is 0 Å². The molecule has 0 atom stereocenters. The van der Waals surface area contributed by atoms with Crippen LogP contribution in [-0.2, 0) is 9.59 Å². The van der Waals surface area contributed by atoms with Crippen LogP contribution in [0.1, 0.15) is 17.5 Å². The standard InChI is InChI=1S/C22H22BrN3O2.ClH/c1-24(2)11-6-12-26-18-10-9-14(23)13-16(18)20(22(26)28)19-15-7-4-5-8-17(15)25(3)21(19)27;/h4-5,7-10,13H,6,11-12H2,1-3H3;1H/b20-19+;. The third-order valence-corrected chi connectivity index (χ3v) is 5.76. The molecule has 2 heterocycles. The molecule has 2 aromatic carbocycles. The first kappa shape index (κ1) is 21.6. The van der Waals surface area contributed by atoms with Gasteiger partial charge in [0.1, 0.15) is 0 Å². The van der Waals surface area contributed by atoms with Gasteiger partial charge >= 0.3 is 0 Å². The minimum absolute atomic E-state index is 0. The zero-order chi connectivity index (χ0) is 20.0. The molecule has 0 unspecified atom stereocenters. The number of anilines is 2. The Bertz CT molecular complexity index is 1020. The number of carbonyl (C=O) groups is 2. The molecule has 2 aromatic rings. The van der Waals surface area contributed by atoms with Crippen molar-refractivity contribution in [3.63, 3.8) is 0 Å². The quantitative estimate of drug-likeness (QED) is 0.625. The molecule has 0 bridgehead atoms. The first-order chi connectivity index (χ1) is 13.4. The van der Waals surface area contributed by atoms with Gasteiger partial charge in [0.05, 0.1) is 22.5 Å². The van der Waals surface area contributed by atoms with E-state index in [2.05, 4.69) is 20.8 Å². The summed E-state index contributed by atoms with van der Waals surface area (Å²) < 4.78 is 0.888. The van der Waals surface area contributed by atoms with Crippen LogP contribution in [0.25, 0.3) is 11.1 Å². The summed E-state index contributed by atoms with van der Waals surface area (Å²) in [5, 5.41) is 0. The summed E-state index contributed by atoms with van der Waals surface area (Å²) in [6, 6.07) is 13.5. The van der Waals surface area contributed by atoms with Gasteiger partial charge in [-0.15, -0.1) is 12.4 Å². The molecule has 0 saturated carbocycles. The fourth-order valence-electron chi connectivity index (χ4n) is 3.92.